The second-order valence-corrected chi connectivity index (χ2v) is 6.94. The van der Waals surface area contributed by atoms with E-state index in [4.69, 9.17) is 9.47 Å². The van der Waals surface area contributed by atoms with Crippen LogP contribution in [0.4, 0.5) is 5.69 Å². The van der Waals surface area contributed by atoms with Crippen LogP contribution in [0.15, 0.2) is 45.3 Å². The van der Waals surface area contributed by atoms with Gasteiger partial charge in [-0.2, -0.15) is 0 Å². The monoisotopic (exact) mass is 455 g/mol. The van der Waals surface area contributed by atoms with Gasteiger partial charge in [-0.3, -0.25) is 4.79 Å². The molecule has 0 heterocycles. The minimum absolute atomic E-state index is 0.0980. The van der Waals surface area contributed by atoms with Crippen LogP contribution in [0.5, 0.6) is 11.5 Å². The van der Waals surface area contributed by atoms with Crippen LogP contribution in [0, 0.1) is 6.92 Å². The van der Waals surface area contributed by atoms with Gasteiger partial charge in [-0.1, -0.05) is 19.1 Å². The SMILES string of the molecule is CCCOc1ccccc1OCC(=O)Nc1c(Br)cc(C)cc1Br. The van der Waals surface area contributed by atoms with Crippen LogP contribution < -0.4 is 14.8 Å². The largest absolute Gasteiger partial charge is 0.490 e. The summed E-state index contributed by atoms with van der Waals surface area (Å²) in [5.41, 5.74) is 1.77. The van der Waals surface area contributed by atoms with Gasteiger partial charge in [-0.15, -0.1) is 0 Å². The highest BCUT2D eigenvalue weighted by Crippen LogP contribution is 2.32. The lowest BCUT2D eigenvalue weighted by Crippen LogP contribution is -2.21. The lowest BCUT2D eigenvalue weighted by atomic mass is 10.2. The Morgan fingerprint density at radius 1 is 1.08 bits per heavy atom. The molecule has 0 unspecified atom stereocenters. The van der Waals surface area contributed by atoms with Crippen molar-refractivity contribution < 1.29 is 14.3 Å². The predicted octanol–water partition coefficient (Wildman–Crippen LogP) is 5.33. The summed E-state index contributed by atoms with van der Waals surface area (Å²) in [5, 5.41) is 2.84. The summed E-state index contributed by atoms with van der Waals surface area (Å²) in [5.74, 6) is 0.957. The molecule has 0 saturated heterocycles. The van der Waals surface area contributed by atoms with E-state index in [1.165, 1.54) is 0 Å². The number of anilines is 1. The zero-order valence-electron chi connectivity index (χ0n) is 13.6. The van der Waals surface area contributed by atoms with Crippen LogP contribution in [-0.2, 0) is 4.79 Å². The normalized spacial score (nSPS) is 10.3. The van der Waals surface area contributed by atoms with Gasteiger partial charge < -0.3 is 14.8 Å². The van der Waals surface area contributed by atoms with Gasteiger partial charge in [0, 0.05) is 8.95 Å². The van der Waals surface area contributed by atoms with Crippen molar-refractivity contribution in [3.63, 3.8) is 0 Å². The number of amides is 1. The van der Waals surface area contributed by atoms with E-state index >= 15 is 0 Å². The van der Waals surface area contributed by atoms with Crippen LogP contribution in [0.1, 0.15) is 18.9 Å². The smallest absolute Gasteiger partial charge is 0.262 e. The van der Waals surface area contributed by atoms with E-state index in [0.29, 0.717) is 23.8 Å². The molecule has 0 spiro atoms. The van der Waals surface area contributed by atoms with Crippen molar-refractivity contribution in [1.82, 2.24) is 0 Å². The van der Waals surface area contributed by atoms with Gasteiger partial charge in [0.1, 0.15) is 0 Å². The molecule has 4 nitrogen and oxygen atoms in total. The number of carbonyl (C=O) groups excluding carboxylic acids is 1. The summed E-state index contributed by atoms with van der Waals surface area (Å²) in [6.45, 7) is 4.53. The predicted molar refractivity (Wildman–Crippen MR) is 103 cm³/mol. The van der Waals surface area contributed by atoms with Crippen molar-refractivity contribution in [3.05, 3.63) is 50.9 Å². The van der Waals surface area contributed by atoms with Crippen molar-refractivity contribution in [2.75, 3.05) is 18.5 Å². The molecule has 0 bridgehead atoms. The maximum absolute atomic E-state index is 12.2. The fourth-order valence-corrected chi connectivity index (χ4v) is 3.65. The average Bonchev–Trinajstić information content (AvgIpc) is 2.55. The summed E-state index contributed by atoms with van der Waals surface area (Å²) in [4.78, 5) is 12.2. The molecule has 0 fully saturated rings. The average molecular weight is 457 g/mol. The molecule has 6 heteroatoms. The van der Waals surface area contributed by atoms with E-state index in [1.807, 2.05) is 44.2 Å². The number of hydrogen-bond donors (Lipinski definition) is 1. The van der Waals surface area contributed by atoms with Gasteiger partial charge in [-0.25, -0.2) is 0 Å². The first-order valence-electron chi connectivity index (χ1n) is 7.61. The summed E-state index contributed by atoms with van der Waals surface area (Å²) in [7, 11) is 0. The minimum Gasteiger partial charge on any atom is -0.490 e. The lowest BCUT2D eigenvalue weighted by Gasteiger charge is -2.13. The van der Waals surface area contributed by atoms with Crippen LogP contribution in [0.25, 0.3) is 0 Å². The van der Waals surface area contributed by atoms with Crippen LogP contribution in [0.2, 0.25) is 0 Å². The Kier molecular flexibility index (Phi) is 7.12. The van der Waals surface area contributed by atoms with Gasteiger partial charge in [0.25, 0.3) is 5.91 Å². The van der Waals surface area contributed by atoms with Gasteiger partial charge >= 0.3 is 0 Å². The molecule has 0 aliphatic rings. The van der Waals surface area contributed by atoms with E-state index in [0.717, 1.165) is 20.9 Å². The molecule has 0 saturated carbocycles. The van der Waals surface area contributed by atoms with E-state index in [2.05, 4.69) is 37.2 Å². The Labute approximate surface area is 158 Å². The van der Waals surface area contributed by atoms with Crippen LogP contribution in [0.3, 0.4) is 0 Å². The van der Waals surface area contributed by atoms with Crippen molar-refractivity contribution in [1.29, 1.82) is 0 Å². The van der Waals surface area contributed by atoms with Crippen LogP contribution >= 0.6 is 31.9 Å². The van der Waals surface area contributed by atoms with E-state index in [-0.39, 0.29) is 12.5 Å². The van der Waals surface area contributed by atoms with Crippen LogP contribution in [-0.4, -0.2) is 19.1 Å². The molecule has 0 aromatic heterocycles. The molecule has 2 aromatic carbocycles. The van der Waals surface area contributed by atoms with Gasteiger partial charge in [0.2, 0.25) is 0 Å². The standard InChI is InChI=1S/C18H19Br2NO3/c1-3-8-23-15-6-4-5-7-16(15)24-11-17(22)21-18-13(19)9-12(2)10-14(18)20/h4-7,9-10H,3,8,11H2,1-2H3,(H,21,22). The first-order valence-corrected chi connectivity index (χ1v) is 9.20. The molecular formula is C18H19Br2NO3. The number of hydrogen-bond acceptors (Lipinski definition) is 3. The molecule has 0 atom stereocenters. The zero-order chi connectivity index (χ0) is 17.5. The van der Waals surface area contributed by atoms with Crippen molar-refractivity contribution in [2.24, 2.45) is 0 Å². The Balaban J connectivity index is 1.99. The number of rotatable bonds is 7. The number of carbonyl (C=O) groups is 1. The highest BCUT2D eigenvalue weighted by atomic mass is 79.9. The molecule has 0 aliphatic heterocycles. The van der Waals surface area contributed by atoms with E-state index in [1.54, 1.807) is 6.07 Å². The number of halogens is 2. The van der Waals surface area contributed by atoms with E-state index in [9.17, 15) is 4.79 Å². The molecule has 0 radical (unpaired) electrons. The quantitative estimate of drug-likeness (QED) is 0.612. The number of ether oxygens (including phenoxy) is 2. The fourth-order valence-electron chi connectivity index (χ4n) is 2.04. The number of aryl methyl sites for hydroxylation is 1. The van der Waals surface area contributed by atoms with Gasteiger partial charge in [0.05, 0.1) is 12.3 Å². The number of para-hydroxylation sites is 2. The van der Waals surface area contributed by atoms with Crippen molar-refractivity contribution in [2.45, 2.75) is 20.3 Å². The summed E-state index contributed by atoms with van der Waals surface area (Å²) in [6.07, 6.45) is 0.907. The molecule has 2 rings (SSSR count). The Hall–Kier alpha value is -1.53. The highest BCUT2D eigenvalue weighted by Gasteiger charge is 2.12. The lowest BCUT2D eigenvalue weighted by molar-refractivity contribution is -0.118. The fraction of sp³-hybridized carbons (Fsp3) is 0.278. The molecule has 128 valence electrons. The molecule has 2 aromatic rings. The molecular weight excluding hydrogens is 438 g/mol. The Morgan fingerprint density at radius 2 is 1.67 bits per heavy atom. The molecule has 1 amide bonds. The number of benzene rings is 2. The highest BCUT2D eigenvalue weighted by molar-refractivity contribution is 9.11. The van der Waals surface area contributed by atoms with E-state index < -0.39 is 0 Å². The second-order valence-electron chi connectivity index (χ2n) is 5.24. The summed E-state index contributed by atoms with van der Waals surface area (Å²) < 4.78 is 12.8. The third-order valence-corrected chi connectivity index (χ3v) is 4.37. The topological polar surface area (TPSA) is 47.6 Å². The maximum atomic E-state index is 12.2. The maximum Gasteiger partial charge on any atom is 0.262 e. The first-order chi connectivity index (χ1) is 11.5. The van der Waals surface area contributed by atoms with Crippen molar-refractivity contribution >= 4 is 43.5 Å². The van der Waals surface area contributed by atoms with Gasteiger partial charge in [0.15, 0.2) is 18.1 Å². The number of nitrogens with one attached hydrogen (secondary N) is 1. The van der Waals surface area contributed by atoms with Crippen molar-refractivity contribution in [3.8, 4) is 11.5 Å². The second kappa shape index (κ2) is 9.08. The Bertz CT molecular complexity index is 696. The first kappa shape index (κ1) is 18.8. The minimum atomic E-state index is -0.245. The molecule has 1 N–H and O–H groups in total. The summed E-state index contributed by atoms with van der Waals surface area (Å²) in [6, 6.07) is 11.2. The third kappa shape index (κ3) is 5.24. The third-order valence-electron chi connectivity index (χ3n) is 3.12. The Morgan fingerprint density at radius 3 is 2.25 bits per heavy atom. The summed E-state index contributed by atoms with van der Waals surface area (Å²) >= 11 is 6.91. The molecule has 0 aliphatic carbocycles. The molecule has 24 heavy (non-hydrogen) atoms. The van der Waals surface area contributed by atoms with Gasteiger partial charge in [-0.05, 0) is 75.0 Å². The zero-order valence-corrected chi connectivity index (χ0v) is 16.7.